The molecule has 1 heterocycles. The van der Waals surface area contributed by atoms with Crippen molar-refractivity contribution in [1.29, 1.82) is 0 Å². The van der Waals surface area contributed by atoms with E-state index in [9.17, 15) is 19.5 Å². The molecule has 6 nitrogen and oxygen atoms in total. The Labute approximate surface area is 145 Å². The number of hydrogen-bond acceptors (Lipinski definition) is 4. The van der Waals surface area contributed by atoms with Crippen molar-refractivity contribution >= 4 is 29.1 Å². The molecule has 1 fully saturated rings. The number of carboxylic acid groups (broad SMARTS) is 1. The van der Waals surface area contributed by atoms with Crippen LogP contribution in [0.3, 0.4) is 0 Å². The van der Waals surface area contributed by atoms with Gasteiger partial charge in [-0.2, -0.15) is 11.3 Å². The second-order valence-electron chi connectivity index (χ2n) is 6.29. The van der Waals surface area contributed by atoms with E-state index in [-0.39, 0.29) is 24.8 Å². The van der Waals surface area contributed by atoms with Gasteiger partial charge >= 0.3 is 5.97 Å². The number of aliphatic carboxylic acids is 1. The summed E-state index contributed by atoms with van der Waals surface area (Å²) in [5.74, 6) is -1.11. The summed E-state index contributed by atoms with van der Waals surface area (Å²) in [4.78, 5) is 35.2. The summed E-state index contributed by atoms with van der Waals surface area (Å²) in [5.41, 5.74) is -0.175. The Hall–Kier alpha value is -1.89. The summed E-state index contributed by atoms with van der Waals surface area (Å²) < 4.78 is 0. The second kappa shape index (κ2) is 8.82. The molecule has 0 aliphatic heterocycles. The molecule has 1 aliphatic rings. The maximum Gasteiger partial charge on any atom is 0.311 e. The molecule has 1 aromatic heterocycles. The van der Waals surface area contributed by atoms with Gasteiger partial charge in [0.05, 0.1) is 5.41 Å². The lowest BCUT2D eigenvalue weighted by molar-refractivity contribution is -0.151. The lowest BCUT2D eigenvalue weighted by Crippen LogP contribution is -2.44. The monoisotopic (exact) mass is 352 g/mol. The first-order valence-electron chi connectivity index (χ1n) is 8.34. The molecule has 7 heteroatoms. The highest BCUT2D eigenvalue weighted by molar-refractivity contribution is 7.08. The summed E-state index contributed by atoms with van der Waals surface area (Å²) in [7, 11) is 0. The van der Waals surface area contributed by atoms with Crippen LogP contribution in [-0.4, -0.2) is 36.0 Å². The number of carboxylic acids is 1. The summed E-state index contributed by atoms with van der Waals surface area (Å²) in [5, 5.41) is 18.6. The van der Waals surface area contributed by atoms with E-state index in [2.05, 4.69) is 10.6 Å². The normalized spacial score (nSPS) is 16.3. The van der Waals surface area contributed by atoms with Crippen LogP contribution in [0.4, 0.5) is 0 Å². The van der Waals surface area contributed by atoms with Crippen LogP contribution in [0.5, 0.6) is 0 Å². The molecular formula is C17H24N2O4S. The van der Waals surface area contributed by atoms with E-state index in [1.807, 2.05) is 5.38 Å². The van der Waals surface area contributed by atoms with Gasteiger partial charge in [0, 0.05) is 30.5 Å². The summed E-state index contributed by atoms with van der Waals surface area (Å²) in [6.07, 6.45) is 4.92. The number of carbonyl (C=O) groups excluding carboxylic acids is 2. The number of hydrogen-bond donors (Lipinski definition) is 3. The molecule has 3 N–H and O–H groups in total. The van der Waals surface area contributed by atoms with Gasteiger partial charge in [-0.15, -0.1) is 0 Å². The van der Waals surface area contributed by atoms with Crippen molar-refractivity contribution in [3.8, 4) is 0 Å². The fraction of sp³-hybridized carbons (Fsp3) is 0.588. The van der Waals surface area contributed by atoms with E-state index >= 15 is 0 Å². The minimum atomic E-state index is -0.814. The fourth-order valence-corrected chi connectivity index (χ4v) is 3.63. The minimum absolute atomic E-state index is 0.135. The quantitative estimate of drug-likeness (QED) is 0.626. The summed E-state index contributed by atoms with van der Waals surface area (Å²) in [6.45, 7) is 0.620. The zero-order chi connectivity index (χ0) is 17.4. The van der Waals surface area contributed by atoms with Crippen molar-refractivity contribution < 1.29 is 19.5 Å². The van der Waals surface area contributed by atoms with Crippen LogP contribution in [0, 0.1) is 5.41 Å². The molecule has 0 atom stereocenters. The maximum absolute atomic E-state index is 11.9. The topological polar surface area (TPSA) is 95.5 Å². The zero-order valence-corrected chi connectivity index (χ0v) is 14.5. The number of rotatable bonds is 8. The van der Waals surface area contributed by atoms with Crippen molar-refractivity contribution in [3.05, 3.63) is 22.4 Å². The van der Waals surface area contributed by atoms with Crippen LogP contribution in [0.1, 0.15) is 55.3 Å². The second-order valence-corrected chi connectivity index (χ2v) is 7.07. The Morgan fingerprint density at radius 1 is 1.17 bits per heavy atom. The van der Waals surface area contributed by atoms with Crippen LogP contribution in [-0.2, 0) is 9.59 Å². The van der Waals surface area contributed by atoms with Crippen molar-refractivity contribution in [2.24, 2.45) is 5.41 Å². The van der Waals surface area contributed by atoms with Crippen LogP contribution in [0.2, 0.25) is 0 Å². The van der Waals surface area contributed by atoms with Gasteiger partial charge in [0.15, 0.2) is 0 Å². The number of nitrogens with one attached hydrogen (secondary N) is 2. The highest BCUT2D eigenvalue weighted by Crippen LogP contribution is 2.36. The van der Waals surface area contributed by atoms with Crippen molar-refractivity contribution in [3.63, 3.8) is 0 Å². The van der Waals surface area contributed by atoms with Gasteiger partial charge in [-0.1, -0.05) is 19.3 Å². The third-order valence-corrected chi connectivity index (χ3v) is 5.22. The fourth-order valence-electron chi connectivity index (χ4n) is 3.00. The van der Waals surface area contributed by atoms with Gasteiger partial charge in [0.2, 0.25) is 5.91 Å². The Morgan fingerprint density at radius 2 is 1.92 bits per heavy atom. The van der Waals surface area contributed by atoms with Crippen LogP contribution >= 0.6 is 11.3 Å². The maximum atomic E-state index is 11.9. The average Bonchev–Trinajstić information content (AvgIpc) is 3.12. The van der Waals surface area contributed by atoms with E-state index in [4.69, 9.17) is 0 Å². The molecule has 1 saturated carbocycles. The molecule has 0 aromatic carbocycles. The number of carbonyl (C=O) groups is 3. The van der Waals surface area contributed by atoms with Crippen LogP contribution in [0.15, 0.2) is 16.8 Å². The predicted molar refractivity (Wildman–Crippen MR) is 92.0 cm³/mol. The lowest BCUT2D eigenvalue weighted by Gasteiger charge is -2.33. The molecule has 1 aromatic rings. The van der Waals surface area contributed by atoms with Gasteiger partial charge in [-0.3, -0.25) is 14.4 Å². The first-order valence-corrected chi connectivity index (χ1v) is 9.28. The van der Waals surface area contributed by atoms with Gasteiger partial charge in [0.1, 0.15) is 0 Å². The molecular weight excluding hydrogens is 328 g/mol. The molecule has 132 valence electrons. The molecule has 24 heavy (non-hydrogen) atoms. The van der Waals surface area contributed by atoms with E-state index in [1.54, 1.807) is 11.4 Å². The third-order valence-electron chi connectivity index (χ3n) is 4.54. The highest BCUT2D eigenvalue weighted by atomic mass is 32.1. The Balaban J connectivity index is 1.66. The van der Waals surface area contributed by atoms with E-state index in [0.717, 1.165) is 19.3 Å². The van der Waals surface area contributed by atoms with Crippen molar-refractivity contribution in [2.75, 3.05) is 13.1 Å². The van der Waals surface area contributed by atoms with Gasteiger partial charge in [-0.05, 0) is 30.7 Å². The molecule has 1 aliphatic carbocycles. The Morgan fingerprint density at radius 3 is 2.54 bits per heavy atom. The van der Waals surface area contributed by atoms with Crippen molar-refractivity contribution in [1.82, 2.24) is 10.6 Å². The first-order chi connectivity index (χ1) is 11.5. The SMILES string of the molecule is O=C(CCCNC(=O)c1ccsc1)NCC1(C(=O)O)CCCCC1. The smallest absolute Gasteiger partial charge is 0.311 e. The third kappa shape index (κ3) is 5.06. The van der Waals surface area contributed by atoms with Crippen LogP contribution < -0.4 is 10.6 Å². The van der Waals surface area contributed by atoms with Crippen molar-refractivity contribution in [2.45, 2.75) is 44.9 Å². The molecule has 0 bridgehead atoms. The first kappa shape index (κ1) is 18.4. The molecule has 0 saturated heterocycles. The molecule has 2 rings (SSSR count). The van der Waals surface area contributed by atoms with E-state index in [0.29, 0.717) is 31.4 Å². The largest absolute Gasteiger partial charge is 0.481 e. The molecule has 2 amide bonds. The van der Waals surface area contributed by atoms with Crippen LogP contribution in [0.25, 0.3) is 0 Å². The predicted octanol–water partition coefficient (Wildman–Crippen LogP) is 2.41. The van der Waals surface area contributed by atoms with Gasteiger partial charge in [0.25, 0.3) is 5.91 Å². The van der Waals surface area contributed by atoms with Gasteiger partial charge in [-0.25, -0.2) is 0 Å². The molecule has 0 unspecified atom stereocenters. The Bertz CT molecular complexity index is 565. The summed E-state index contributed by atoms with van der Waals surface area (Å²) >= 11 is 1.46. The molecule has 0 radical (unpaired) electrons. The minimum Gasteiger partial charge on any atom is -0.481 e. The van der Waals surface area contributed by atoms with E-state index in [1.165, 1.54) is 11.3 Å². The lowest BCUT2D eigenvalue weighted by atomic mass is 9.74. The number of thiophene rings is 1. The Kier molecular flexibility index (Phi) is 6.78. The average molecular weight is 352 g/mol. The van der Waals surface area contributed by atoms with Gasteiger partial charge < -0.3 is 15.7 Å². The molecule has 0 spiro atoms. The standard InChI is InChI=1S/C17H24N2O4S/c20-14(5-4-9-18-15(21)13-6-10-24-11-13)19-12-17(16(22)23)7-2-1-3-8-17/h6,10-11H,1-5,7-9,12H2,(H,18,21)(H,19,20)(H,22,23). The zero-order valence-electron chi connectivity index (χ0n) is 13.7. The highest BCUT2D eigenvalue weighted by Gasteiger charge is 2.39. The van der Waals surface area contributed by atoms with E-state index < -0.39 is 11.4 Å². The number of amides is 2. The summed E-state index contributed by atoms with van der Waals surface area (Å²) in [6, 6.07) is 1.75.